The molecule has 0 unspecified atom stereocenters. The second kappa shape index (κ2) is 13.5. The van der Waals surface area contributed by atoms with Crippen LogP contribution in [0, 0.1) is 0 Å². The summed E-state index contributed by atoms with van der Waals surface area (Å²) in [6.45, 7) is 5.56. The van der Waals surface area contributed by atoms with Crippen molar-refractivity contribution >= 4 is 51.0 Å². The molecule has 3 heteroatoms. The van der Waals surface area contributed by atoms with Crippen molar-refractivity contribution < 1.29 is 0 Å². The van der Waals surface area contributed by atoms with E-state index >= 15 is 0 Å². The summed E-state index contributed by atoms with van der Waals surface area (Å²) >= 11 is 0. The minimum absolute atomic E-state index is 0.173. The molecule has 0 fully saturated rings. The summed E-state index contributed by atoms with van der Waals surface area (Å²) in [5.41, 5.74) is 14.2. The Morgan fingerprint density at radius 1 is 0.585 bits per heavy atom. The molecular formula is C50H41N3. The van der Waals surface area contributed by atoms with Crippen LogP contribution in [0.2, 0.25) is 0 Å². The Morgan fingerprint density at radius 3 is 2.08 bits per heavy atom. The van der Waals surface area contributed by atoms with Crippen molar-refractivity contribution in [3.63, 3.8) is 0 Å². The van der Waals surface area contributed by atoms with Gasteiger partial charge < -0.3 is 15.1 Å². The number of allylic oxidation sites excluding steroid dienone is 2. The van der Waals surface area contributed by atoms with E-state index in [1.807, 2.05) is 0 Å². The van der Waals surface area contributed by atoms with Gasteiger partial charge in [0.1, 0.15) is 0 Å². The highest BCUT2D eigenvalue weighted by Crippen LogP contribution is 2.52. The van der Waals surface area contributed by atoms with Crippen molar-refractivity contribution in [2.45, 2.75) is 19.3 Å². The Bertz CT molecular complexity index is 2520. The molecule has 2 aliphatic rings. The summed E-state index contributed by atoms with van der Waals surface area (Å²) in [5.74, 6) is 0. The number of fused-ring (bicyclic) bond motifs is 3. The van der Waals surface area contributed by atoms with Crippen LogP contribution >= 0.6 is 0 Å². The Hall–Kier alpha value is -6.58. The maximum atomic E-state index is 3.49. The lowest BCUT2D eigenvalue weighted by atomic mass is 9.73. The van der Waals surface area contributed by atoms with Gasteiger partial charge in [0.15, 0.2) is 0 Å². The number of anilines is 5. The van der Waals surface area contributed by atoms with E-state index in [2.05, 4.69) is 223 Å². The van der Waals surface area contributed by atoms with Crippen molar-refractivity contribution in [3.05, 3.63) is 210 Å². The number of dihydropyridines is 1. The highest BCUT2D eigenvalue weighted by molar-refractivity contribution is 5.89. The molecule has 0 aromatic heterocycles. The Balaban J connectivity index is 1.03. The van der Waals surface area contributed by atoms with Gasteiger partial charge in [0.2, 0.25) is 0 Å². The normalized spacial score (nSPS) is 14.4. The molecule has 53 heavy (non-hydrogen) atoms. The summed E-state index contributed by atoms with van der Waals surface area (Å²) < 4.78 is 0. The Morgan fingerprint density at radius 2 is 1.28 bits per heavy atom. The standard InChI is InChI=1S/C50H41N3/c1-50(2)45-16-8-9-18-48(45)53(43-27-24-39(25-28-43)47-17-10-11-32-51-47)49-30-26-41(35-46(49)50)38-21-19-36(20-22-38)31-33-52(42-14-4-3-5-15-42)44-29-23-37-12-6-7-13-40(37)34-44/h3-31,33-35,51H,32H2,1-2H3/b33-31+. The third-order valence-corrected chi connectivity index (χ3v) is 10.7. The summed E-state index contributed by atoms with van der Waals surface area (Å²) in [6, 6.07) is 59.4. The molecule has 0 atom stereocenters. The summed E-state index contributed by atoms with van der Waals surface area (Å²) in [5, 5.41) is 5.95. The number of hydrogen-bond acceptors (Lipinski definition) is 3. The minimum Gasteiger partial charge on any atom is -0.381 e. The molecule has 0 amide bonds. The van der Waals surface area contributed by atoms with Crippen LogP contribution in [0.25, 0.3) is 33.7 Å². The second-order valence-electron chi connectivity index (χ2n) is 14.3. The number of nitrogens with one attached hydrogen (secondary N) is 1. The van der Waals surface area contributed by atoms with Gasteiger partial charge in [-0.25, -0.2) is 0 Å². The summed E-state index contributed by atoms with van der Waals surface area (Å²) in [4.78, 5) is 4.68. The monoisotopic (exact) mass is 683 g/mol. The Kier molecular flexibility index (Phi) is 8.25. The molecule has 7 aromatic carbocycles. The molecule has 0 saturated carbocycles. The lowest BCUT2D eigenvalue weighted by Gasteiger charge is -2.42. The van der Waals surface area contributed by atoms with E-state index in [9.17, 15) is 0 Å². The molecule has 9 rings (SSSR count). The highest BCUT2D eigenvalue weighted by atomic mass is 15.2. The number of para-hydroxylation sites is 2. The second-order valence-corrected chi connectivity index (χ2v) is 14.3. The molecule has 2 aliphatic heterocycles. The maximum absolute atomic E-state index is 3.49. The highest BCUT2D eigenvalue weighted by Gasteiger charge is 2.37. The molecule has 0 saturated heterocycles. The van der Waals surface area contributed by atoms with Gasteiger partial charge in [-0.3, -0.25) is 0 Å². The number of rotatable bonds is 7. The minimum atomic E-state index is -0.173. The molecule has 1 N–H and O–H groups in total. The molecule has 0 bridgehead atoms. The molecule has 3 nitrogen and oxygen atoms in total. The fourth-order valence-electron chi connectivity index (χ4n) is 7.79. The zero-order chi connectivity index (χ0) is 35.8. The van der Waals surface area contributed by atoms with Gasteiger partial charge in [-0.05, 0) is 111 Å². The smallest absolute Gasteiger partial charge is 0.0503 e. The van der Waals surface area contributed by atoms with Crippen molar-refractivity contribution in [1.29, 1.82) is 0 Å². The number of benzene rings is 7. The third-order valence-electron chi connectivity index (χ3n) is 10.7. The van der Waals surface area contributed by atoms with Crippen LogP contribution in [-0.2, 0) is 5.41 Å². The lowest BCUT2D eigenvalue weighted by Crippen LogP contribution is -2.30. The molecule has 256 valence electrons. The maximum Gasteiger partial charge on any atom is 0.0503 e. The quantitative estimate of drug-likeness (QED) is 0.180. The SMILES string of the molecule is CC1(C)c2ccccc2N(c2ccc(C3=CC=CCN3)cc2)c2ccc(-c3ccc(/C=C/N(c4ccccc4)c4ccc5ccccc5c4)cc3)cc21. The van der Waals surface area contributed by atoms with Crippen molar-refractivity contribution in [3.8, 4) is 11.1 Å². The first-order valence-corrected chi connectivity index (χ1v) is 18.4. The predicted octanol–water partition coefficient (Wildman–Crippen LogP) is 12.9. The van der Waals surface area contributed by atoms with E-state index in [0.717, 1.165) is 34.9 Å². The third kappa shape index (κ3) is 6.11. The van der Waals surface area contributed by atoms with E-state index in [0.29, 0.717) is 0 Å². The molecule has 0 radical (unpaired) electrons. The van der Waals surface area contributed by atoms with Gasteiger partial charge >= 0.3 is 0 Å². The van der Waals surface area contributed by atoms with E-state index in [4.69, 9.17) is 0 Å². The van der Waals surface area contributed by atoms with Gasteiger partial charge in [0.05, 0.1) is 11.4 Å². The molecular weight excluding hydrogens is 643 g/mol. The van der Waals surface area contributed by atoms with Crippen molar-refractivity contribution in [2.24, 2.45) is 0 Å². The van der Waals surface area contributed by atoms with Crippen LogP contribution in [0.5, 0.6) is 0 Å². The molecule has 0 aliphatic carbocycles. The van der Waals surface area contributed by atoms with Gasteiger partial charge in [-0.2, -0.15) is 0 Å². The van der Waals surface area contributed by atoms with Crippen LogP contribution in [-0.4, -0.2) is 6.54 Å². The number of hydrogen-bond donors (Lipinski definition) is 1. The van der Waals surface area contributed by atoms with E-state index in [-0.39, 0.29) is 5.41 Å². The Labute approximate surface area is 312 Å². The van der Waals surface area contributed by atoms with Crippen molar-refractivity contribution in [2.75, 3.05) is 16.3 Å². The first kappa shape index (κ1) is 32.3. The van der Waals surface area contributed by atoms with E-state index in [1.165, 1.54) is 50.0 Å². The van der Waals surface area contributed by atoms with Gasteiger partial charge in [0.25, 0.3) is 0 Å². The summed E-state index contributed by atoms with van der Waals surface area (Å²) in [6.07, 6.45) is 10.8. The fourth-order valence-corrected chi connectivity index (χ4v) is 7.79. The summed E-state index contributed by atoms with van der Waals surface area (Å²) in [7, 11) is 0. The van der Waals surface area contributed by atoms with E-state index < -0.39 is 0 Å². The average molecular weight is 684 g/mol. The molecule has 0 spiro atoms. The van der Waals surface area contributed by atoms with Crippen LogP contribution in [0.4, 0.5) is 28.4 Å². The van der Waals surface area contributed by atoms with Gasteiger partial charge in [-0.1, -0.05) is 135 Å². The first-order valence-electron chi connectivity index (χ1n) is 18.4. The largest absolute Gasteiger partial charge is 0.381 e. The molecule has 2 heterocycles. The van der Waals surface area contributed by atoms with E-state index in [1.54, 1.807) is 0 Å². The van der Waals surface area contributed by atoms with Crippen molar-refractivity contribution in [1.82, 2.24) is 5.32 Å². The average Bonchev–Trinajstić information content (AvgIpc) is 3.22. The predicted molar refractivity (Wildman–Crippen MR) is 225 cm³/mol. The van der Waals surface area contributed by atoms with Gasteiger partial charge in [0, 0.05) is 40.9 Å². The topological polar surface area (TPSA) is 18.5 Å². The van der Waals surface area contributed by atoms with Crippen LogP contribution in [0.15, 0.2) is 188 Å². The first-order chi connectivity index (χ1) is 26.0. The fraction of sp³-hybridized carbons (Fsp3) is 0.0800. The zero-order valence-electron chi connectivity index (χ0n) is 30.1. The van der Waals surface area contributed by atoms with Crippen LogP contribution in [0.1, 0.15) is 36.1 Å². The lowest BCUT2D eigenvalue weighted by molar-refractivity contribution is 0.632. The van der Waals surface area contributed by atoms with Crippen LogP contribution < -0.4 is 15.1 Å². The zero-order valence-corrected chi connectivity index (χ0v) is 30.1. The van der Waals surface area contributed by atoms with Gasteiger partial charge in [-0.15, -0.1) is 0 Å². The van der Waals surface area contributed by atoms with Crippen LogP contribution in [0.3, 0.4) is 0 Å². The number of nitrogens with zero attached hydrogens (tertiary/aromatic N) is 2. The molecule has 7 aromatic rings.